The third kappa shape index (κ3) is 4.49. The van der Waals surface area contributed by atoms with Gasteiger partial charge in [0, 0.05) is 12.2 Å². The van der Waals surface area contributed by atoms with E-state index in [0.29, 0.717) is 17.9 Å². The molecule has 1 aliphatic rings. The van der Waals surface area contributed by atoms with Crippen LogP contribution in [0.2, 0.25) is 0 Å². The Morgan fingerprint density at radius 2 is 2.00 bits per heavy atom. The van der Waals surface area contributed by atoms with Crippen molar-refractivity contribution in [3.63, 3.8) is 0 Å². The Balaban J connectivity index is 1.80. The van der Waals surface area contributed by atoms with Crippen molar-refractivity contribution in [2.75, 3.05) is 12.3 Å². The minimum absolute atomic E-state index is 0.111. The number of anilines is 1. The van der Waals surface area contributed by atoms with E-state index in [2.05, 4.69) is 10.3 Å². The Morgan fingerprint density at radius 1 is 1.30 bits per heavy atom. The summed E-state index contributed by atoms with van der Waals surface area (Å²) < 4.78 is 0. The Kier molecular flexibility index (Phi) is 4.95. The number of carbonyl (C=O) groups excluding carboxylic acids is 1. The number of nitrogen functional groups attached to an aromatic ring is 1. The van der Waals surface area contributed by atoms with Crippen LogP contribution in [0.15, 0.2) is 18.3 Å². The molecule has 5 heteroatoms. The first-order valence-corrected chi connectivity index (χ1v) is 7.27. The lowest BCUT2D eigenvalue weighted by Crippen LogP contribution is -2.43. The summed E-state index contributed by atoms with van der Waals surface area (Å²) in [4.78, 5) is 16.0. The van der Waals surface area contributed by atoms with Crippen LogP contribution in [0.25, 0.3) is 0 Å². The standard InChI is InChI=1S/C15H23N3O2/c16-12-5-6-13(17-10-12)9-14(19)18-11-15(20)7-3-1-2-4-8-15/h5-6,10,20H,1-4,7-9,11,16H2,(H,18,19). The van der Waals surface area contributed by atoms with Crippen LogP contribution in [0.4, 0.5) is 5.69 Å². The molecule has 0 saturated heterocycles. The number of nitrogens with zero attached hydrogens (tertiary/aromatic N) is 1. The topological polar surface area (TPSA) is 88.2 Å². The molecule has 1 aromatic heterocycles. The maximum atomic E-state index is 11.9. The first kappa shape index (κ1) is 14.8. The fourth-order valence-corrected chi connectivity index (χ4v) is 2.59. The van der Waals surface area contributed by atoms with E-state index in [0.717, 1.165) is 25.7 Å². The van der Waals surface area contributed by atoms with Gasteiger partial charge in [0.25, 0.3) is 0 Å². The highest BCUT2D eigenvalue weighted by Crippen LogP contribution is 2.26. The highest BCUT2D eigenvalue weighted by atomic mass is 16.3. The number of aliphatic hydroxyl groups is 1. The van der Waals surface area contributed by atoms with E-state index in [-0.39, 0.29) is 12.3 Å². The molecular formula is C15H23N3O2. The van der Waals surface area contributed by atoms with Crippen LogP contribution in [0, 0.1) is 0 Å². The summed E-state index contributed by atoms with van der Waals surface area (Å²) in [5.41, 5.74) is 6.08. The highest BCUT2D eigenvalue weighted by Gasteiger charge is 2.28. The van der Waals surface area contributed by atoms with E-state index in [1.54, 1.807) is 18.3 Å². The largest absolute Gasteiger partial charge is 0.397 e. The van der Waals surface area contributed by atoms with E-state index in [1.807, 2.05) is 0 Å². The molecule has 1 amide bonds. The maximum Gasteiger partial charge on any atom is 0.226 e. The SMILES string of the molecule is Nc1ccc(CC(=O)NCC2(O)CCCCCC2)nc1. The highest BCUT2D eigenvalue weighted by molar-refractivity contribution is 5.78. The lowest BCUT2D eigenvalue weighted by atomic mass is 9.94. The first-order chi connectivity index (χ1) is 9.57. The number of nitrogens with one attached hydrogen (secondary N) is 1. The summed E-state index contributed by atoms with van der Waals surface area (Å²) in [5.74, 6) is -0.111. The van der Waals surface area contributed by atoms with Crippen molar-refractivity contribution in [1.82, 2.24) is 10.3 Å². The lowest BCUT2D eigenvalue weighted by Gasteiger charge is -2.26. The van der Waals surface area contributed by atoms with Gasteiger partial charge in [0.1, 0.15) is 0 Å². The smallest absolute Gasteiger partial charge is 0.226 e. The predicted molar refractivity (Wildman–Crippen MR) is 78.0 cm³/mol. The van der Waals surface area contributed by atoms with E-state index in [1.165, 1.54) is 12.8 Å². The minimum Gasteiger partial charge on any atom is -0.397 e. The molecule has 0 bridgehead atoms. The third-order valence-electron chi connectivity index (χ3n) is 3.84. The van der Waals surface area contributed by atoms with Crippen molar-refractivity contribution in [3.05, 3.63) is 24.0 Å². The molecule has 1 fully saturated rings. The maximum absolute atomic E-state index is 11.9. The third-order valence-corrected chi connectivity index (χ3v) is 3.84. The average Bonchev–Trinajstić information content (AvgIpc) is 2.65. The van der Waals surface area contributed by atoms with Gasteiger partial charge in [-0.25, -0.2) is 0 Å². The molecule has 0 atom stereocenters. The van der Waals surface area contributed by atoms with Crippen LogP contribution in [0.1, 0.15) is 44.2 Å². The summed E-state index contributed by atoms with van der Waals surface area (Å²) >= 11 is 0. The van der Waals surface area contributed by atoms with Crippen LogP contribution < -0.4 is 11.1 Å². The molecule has 1 aliphatic carbocycles. The number of aromatic nitrogens is 1. The van der Waals surface area contributed by atoms with Gasteiger partial charge in [0.15, 0.2) is 0 Å². The second-order valence-corrected chi connectivity index (χ2v) is 5.67. The number of amides is 1. The number of carbonyl (C=O) groups is 1. The van der Waals surface area contributed by atoms with Gasteiger partial charge in [-0.15, -0.1) is 0 Å². The number of hydrogen-bond acceptors (Lipinski definition) is 4. The second kappa shape index (κ2) is 6.70. The van der Waals surface area contributed by atoms with E-state index in [4.69, 9.17) is 5.73 Å². The van der Waals surface area contributed by atoms with Crippen molar-refractivity contribution < 1.29 is 9.90 Å². The van der Waals surface area contributed by atoms with Gasteiger partial charge in [0.05, 0.1) is 23.9 Å². The monoisotopic (exact) mass is 277 g/mol. The molecule has 0 unspecified atom stereocenters. The number of nitrogens with two attached hydrogens (primary N) is 1. The number of hydrogen-bond donors (Lipinski definition) is 3. The summed E-state index contributed by atoms with van der Waals surface area (Å²) in [7, 11) is 0. The molecule has 20 heavy (non-hydrogen) atoms. The fourth-order valence-electron chi connectivity index (χ4n) is 2.59. The van der Waals surface area contributed by atoms with Crippen molar-refractivity contribution in [2.45, 2.75) is 50.5 Å². The van der Waals surface area contributed by atoms with Gasteiger partial charge in [-0.05, 0) is 25.0 Å². The van der Waals surface area contributed by atoms with E-state index < -0.39 is 5.60 Å². The van der Waals surface area contributed by atoms with Gasteiger partial charge in [-0.1, -0.05) is 25.7 Å². The summed E-state index contributed by atoms with van der Waals surface area (Å²) in [6, 6.07) is 3.48. The zero-order chi connectivity index (χ0) is 14.4. The minimum atomic E-state index is -0.735. The fraction of sp³-hybridized carbons (Fsp3) is 0.600. The van der Waals surface area contributed by atoms with Crippen LogP contribution >= 0.6 is 0 Å². The van der Waals surface area contributed by atoms with Crippen molar-refractivity contribution in [3.8, 4) is 0 Å². The summed E-state index contributed by atoms with van der Waals surface area (Å²) in [5, 5.41) is 13.3. The lowest BCUT2D eigenvalue weighted by molar-refractivity contribution is -0.121. The molecule has 1 heterocycles. The molecule has 0 spiro atoms. The Labute approximate surface area is 119 Å². The molecule has 0 radical (unpaired) electrons. The van der Waals surface area contributed by atoms with Gasteiger partial charge in [0.2, 0.25) is 5.91 Å². The van der Waals surface area contributed by atoms with Crippen LogP contribution in [-0.4, -0.2) is 28.1 Å². The zero-order valence-electron chi connectivity index (χ0n) is 11.8. The Hall–Kier alpha value is -1.62. The Bertz CT molecular complexity index is 437. The zero-order valence-corrected chi connectivity index (χ0v) is 11.8. The average molecular weight is 277 g/mol. The van der Waals surface area contributed by atoms with Gasteiger partial charge >= 0.3 is 0 Å². The van der Waals surface area contributed by atoms with Gasteiger partial charge < -0.3 is 16.2 Å². The van der Waals surface area contributed by atoms with Crippen LogP contribution in [0.5, 0.6) is 0 Å². The molecule has 5 nitrogen and oxygen atoms in total. The predicted octanol–water partition coefficient (Wildman–Crippen LogP) is 1.41. The summed E-state index contributed by atoms with van der Waals surface area (Å²) in [6.45, 7) is 0.334. The van der Waals surface area contributed by atoms with Crippen LogP contribution in [0.3, 0.4) is 0 Å². The van der Waals surface area contributed by atoms with Crippen LogP contribution in [-0.2, 0) is 11.2 Å². The number of rotatable bonds is 4. The normalized spacial score (nSPS) is 18.2. The quantitative estimate of drug-likeness (QED) is 0.726. The van der Waals surface area contributed by atoms with Crippen molar-refractivity contribution in [2.24, 2.45) is 0 Å². The molecule has 2 rings (SSSR count). The first-order valence-electron chi connectivity index (χ1n) is 7.27. The van der Waals surface area contributed by atoms with E-state index >= 15 is 0 Å². The molecule has 0 aliphatic heterocycles. The Morgan fingerprint density at radius 3 is 2.60 bits per heavy atom. The summed E-state index contributed by atoms with van der Waals surface area (Å²) in [6.07, 6.45) is 7.72. The molecule has 1 saturated carbocycles. The molecule has 4 N–H and O–H groups in total. The molecule has 110 valence electrons. The second-order valence-electron chi connectivity index (χ2n) is 5.67. The molecular weight excluding hydrogens is 254 g/mol. The van der Waals surface area contributed by atoms with Gasteiger partial charge in [-0.3, -0.25) is 9.78 Å². The molecule has 1 aromatic rings. The van der Waals surface area contributed by atoms with Crippen molar-refractivity contribution >= 4 is 11.6 Å². The van der Waals surface area contributed by atoms with E-state index in [9.17, 15) is 9.90 Å². The number of pyridine rings is 1. The van der Waals surface area contributed by atoms with Crippen molar-refractivity contribution in [1.29, 1.82) is 0 Å². The molecule has 0 aromatic carbocycles. The van der Waals surface area contributed by atoms with Gasteiger partial charge in [-0.2, -0.15) is 0 Å².